The van der Waals surface area contributed by atoms with Gasteiger partial charge in [0.2, 0.25) is 11.8 Å². The maximum absolute atomic E-state index is 13.1. The summed E-state index contributed by atoms with van der Waals surface area (Å²) in [5, 5.41) is 0.565. The molecule has 162 valence electrons. The van der Waals surface area contributed by atoms with E-state index < -0.39 is 15.6 Å². The highest BCUT2D eigenvalue weighted by atomic mass is 32.2. The van der Waals surface area contributed by atoms with Crippen LogP contribution in [0.1, 0.15) is 38.5 Å². The van der Waals surface area contributed by atoms with E-state index in [9.17, 15) is 18.0 Å². The molecule has 2 aliphatic rings. The predicted molar refractivity (Wildman–Crippen MR) is 115 cm³/mol. The molecule has 1 aromatic heterocycles. The van der Waals surface area contributed by atoms with Crippen LogP contribution >= 0.6 is 0 Å². The molecule has 0 unspecified atom stereocenters. The molecule has 4 rings (SSSR count). The second kappa shape index (κ2) is 8.79. The Morgan fingerprint density at radius 1 is 0.800 bits per heavy atom. The summed E-state index contributed by atoms with van der Waals surface area (Å²) in [6, 6.07) is 7.19. The van der Waals surface area contributed by atoms with E-state index in [1.54, 1.807) is 21.6 Å². The van der Waals surface area contributed by atoms with Crippen molar-refractivity contribution in [2.24, 2.45) is 0 Å². The van der Waals surface area contributed by atoms with Gasteiger partial charge >= 0.3 is 0 Å². The summed E-state index contributed by atoms with van der Waals surface area (Å²) in [5.74, 6) is -0.860. The Kier molecular flexibility index (Phi) is 6.13. The molecule has 0 saturated carbocycles. The largest absolute Gasteiger partial charge is 0.342 e. The van der Waals surface area contributed by atoms with Gasteiger partial charge in [-0.2, -0.15) is 0 Å². The van der Waals surface area contributed by atoms with Gasteiger partial charge in [0.05, 0.1) is 4.90 Å². The summed E-state index contributed by atoms with van der Waals surface area (Å²) in [6.45, 7) is 2.87. The zero-order valence-corrected chi connectivity index (χ0v) is 18.1. The van der Waals surface area contributed by atoms with Gasteiger partial charge in [-0.15, -0.1) is 0 Å². The lowest BCUT2D eigenvalue weighted by Crippen LogP contribution is -2.34. The standard InChI is InChI=1S/C22H29N3O4S/c26-21(23-11-5-1-2-6-12-23)16-25-15-20(18-9-3-4-10-19(18)25)30(28,29)17-22(27)24-13-7-8-14-24/h3-4,9-10,15H,1-2,5-8,11-14,16-17H2. The summed E-state index contributed by atoms with van der Waals surface area (Å²) in [4.78, 5) is 29.0. The second-order valence-corrected chi connectivity index (χ2v) is 10.2. The van der Waals surface area contributed by atoms with Gasteiger partial charge in [-0.05, 0) is 31.7 Å². The van der Waals surface area contributed by atoms with E-state index in [0.717, 1.165) is 51.6 Å². The minimum atomic E-state index is -3.81. The summed E-state index contributed by atoms with van der Waals surface area (Å²) in [6.07, 6.45) is 7.68. The quantitative estimate of drug-likeness (QED) is 0.728. The van der Waals surface area contributed by atoms with E-state index in [2.05, 4.69) is 0 Å². The van der Waals surface area contributed by atoms with Gasteiger partial charge in [0.25, 0.3) is 0 Å². The lowest BCUT2D eigenvalue weighted by molar-refractivity contribution is -0.131. The van der Waals surface area contributed by atoms with Gasteiger partial charge in [-0.1, -0.05) is 31.0 Å². The van der Waals surface area contributed by atoms with Crippen LogP contribution in [0.4, 0.5) is 0 Å². The van der Waals surface area contributed by atoms with E-state index in [0.29, 0.717) is 24.0 Å². The number of carbonyl (C=O) groups is 2. The van der Waals surface area contributed by atoms with Crippen LogP contribution in [0.3, 0.4) is 0 Å². The third kappa shape index (κ3) is 4.38. The minimum absolute atomic E-state index is 0.00902. The molecule has 2 saturated heterocycles. The van der Waals surface area contributed by atoms with Crippen LogP contribution in [0, 0.1) is 0 Å². The SMILES string of the molecule is O=C(Cn1cc(S(=O)(=O)CC(=O)N2CCCC2)c2ccccc21)N1CCCCCC1. The van der Waals surface area contributed by atoms with Gasteiger partial charge in [0, 0.05) is 43.3 Å². The van der Waals surface area contributed by atoms with Gasteiger partial charge in [0.15, 0.2) is 9.84 Å². The zero-order chi connectivity index (χ0) is 21.1. The average molecular weight is 432 g/mol. The Morgan fingerprint density at radius 3 is 2.03 bits per heavy atom. The Bertz CT molecular complexity index is 1030. The van der Waals surface area contributed by atoms with Crippen molar-refractivity contribution in [1.82, 2.24) is 14.4 Å². The molecule has 2 aromatic rings. The highest BCUT2D eigenvalue weighted by Gasteiger charge is 2.28. The van der Waals surface area contributed by atoms with Crippen molar-refractivity contribution in [2.45, 2.75) is 50.0 Å². The molecule has 8 heteroatoms. The van der Waals surface area contributed by atoms with Gasteiger partial charge < -0.3 is 14.4 Å². The highest BCUT2D eigenvalue weighted by molar-refractivity contribution is 7.92. The molecule has 0 atom stereocenters. The molecule has 2 amide bonds. The Labute approximate surface area is 177 Å². The Balaban J connectivity index is 1.60. The third-order valence-electron chi connectivity index (χ3n) is 6.12. The lowest BCUT2D eigenvalue weighted by Gasteiger charge is -2.20. The molecule has 0 N–H and O–H groups in total. The van der Waals surface area contributed by atoms with E-state index in [1.165, 1.54) is 6.20 Å². The Morgan fingerprint density at radius 2 is 1.37 bits per heavy atom. The number of hydrogen-bond acceptors (Lipinski definition) is 4. The van der Waals surface area contributed by atoms with Crippen LogP contribution in [0.2, 0.25) is 0 Å². The highest BCUT2D eigenvalue weighted by Crippen LogP contribution is 2.27. The zero-order valence-electron chi connectivity index (χ0n) is 17.3. The number of likely N-dealkylation sites (tertiary alicyclic amines) is 2. The van der Waals surface area contributed by atoms with E-state index in [1.807, 2.05) is 17.0 Å². The van der Waals surface area contributed by atoms with Crippen LogP contribution in [-0.2, 0) is 26.0 Å². The molecule has 2 fully saturated rings. The fourth-order valence-electron chi connectivity index (χ4n) is 4.46. The normalized spacial score (nSPS) is 18.0. The molecule has 3 heterocycles. The summed E-state index contributed by atoms with van der Waals surface area (Å²) in [7, 11) is -3.81. The van der Waals surface area contributed by atoms with Gasteiger partial charge in [-0.25, -0.2) is 8.42 Å². The number of nitrogens with zero attached hydrogens (tertiary/aromatic N) is 3. The van der Waals surface area contributed by atoms with E-state index in [4.69, 9.17) is 0 Å². The third-order valence-corrected chi connectivity index (χ3v) is 7.75. The maximum atomic E-state index is 13.1. The van der Waals surface area contributed by atoms with Crippen LogP contribution in [0.25, 0.3) is 10.9 Å². The number of carbonyl (C=O) groups excluding carboxylic acids is 2. The average Bonchev–Trinajstić information content (AvgIpc) is 3.30. The van der Waals surface area contributed by atoms with Crippen molar-refractivity contribution in [2.75, 3.05) is 31.9 Å². The molecular formula is C22H29N3O4S. The smallest absolute Gasteiger partial charge is 0.242 e. The molecule has 0 aliphatic carbocycles. The van der Waals surface area contributed by atoms with Gasteiger partial charge in [-0.3, -0.25) is 9.59 Å². The first-order chi connectivity index (χ1) is 14.5. The fourth-order valence-corrected chi connectivity index (χ4v) is 5.91. The molecule has 2 aliphatic heterocycles. The summed E-state index contributed by atoms with van der Waals surface area (Å²) < 4.78 is 27.9. The molecule has 0 radical (unpaired) electrons. The summed E-state index contributed by atoms with van der Waals surface area (Å²) in [5.41, 5.74) is 0.702. The van der Waals surface area contributed by atoms with Crippen LogP contribution < -0.4 is 0 Å². The molecular weight excluding hydrogens is 402 g/mol. The van der Waals surface area contributed by atoms with Gasteiger partial charge in [0.1, 0.15) is 12.3 Å². The van der Waals surface area contributed by atoms with Crippen molar-refractivity contribution < 1.29 is 18.0 Å². The number of sulfone groups is 1. The van der Waals surface area contributed by atoms with Crippen LogP contribution in [0.5, 0.6) is 0 Å². The molecule has 0 spiro atoms. The number of hydrogen-bond donors (Lipinski definition) is 0. The second-order valence-electron chi connectivity index (χ2n) is 8.28. The lowest BCUT2D eigenvalue weighted by atomic mass is 10.2. The van der Waals surface area contributed by atoms with Crippen molar-refractivity contribution in [1.29, 1.82) is 0 Å². The number of aromatic nitrogens is 1. The number of para-hydroxylation sites is 1. The Hall–Kier alpha value is -2.35. The predicted octanol–water partition coefficient (Wildman–Crippen LogP) is 2.44. The maximum Gasteiger partial charge on any atom is 0.242 e. The minimum Gasteiger partial charge on any atom is -0.342 e. The number of rotatable bonds is 5. The van der Waals surface area contributed by atoms with Crippen LogP contribution in [-0.4, -0.2) is 66.5 Å². The van der Waals surface area contributed by atoms with Crippen molar-refractivity contribution in [3.63, 3.8) is 0 Å². The molecule has 1 aromatic carbocycles. The fraction of sp³-hybridized carbons (Fsp3) is 0.545. The van der Waals surface area contributed by atoms with Crippen molar-refractivity contribution in [3.8, 4) is 0 Å². The summed E-state index contributed by atoms with van der Waals surface area (Å²) >= 11 is 0. The molecule has 0 bridgehead atoms. The first-order valence-electron chi connectivity index (χ1n) is 10.8. The van der Waals surface area contributed by atoms with E-state index in [-0.39, 0.29) is 23.3 Å². The molecule has 30 heavy (non-hydrogen) atoms. The van der Waals surface area contributed by atoms with E-state index >= 15 is 0 Å². The number of amides is 2. The first kappa shape index (κ1) is 20.9. The van der Waals surface area contributed by atoms with Crippen molar-refractivity contribution in [3.05, 3.63) is 30.5 Å². The number of benzene rings is 1. The monoisotopic (exact) mass is 431 g/mol. The number of fused-ring (bicyclic) bond motifs is 1. The molecule has 7 nitrogen and oxygen atoms in total. The van der Waals surface area contributed by atoms with Crippen molar-refractivity contribution >= 4 is 32.6 Å². The first-order valence-corrected chi connectivity index (χ1v) is 12.5. The topological polar surface area (TPSA) is 79.7 Å². The van der Waals surface area contributed by atoms with Crippen LogP contribution in [0.15, 0.2) is 35.4 Å².